The van der Waals surface area contributed by atoms with Crippen molar-refractivity contribution in [3.8, 4) is 5.75 Å². The zero-order valence-electron chi connectivity index (χ0n) is 12.4. The minimum atomic E-state index is -1.05. The van der Waals surface area contributed by atoms with Gasteiger partial charge in [-0.3, -0.25) is 4.90 Å². The first-order valence-electron chi connectivity index (χ1n) is 6.63. The second kappa shape index (κ2) is 6.45. The molecule has 0 atom stereocenters. The molecule has 0 amide bonds. The van der Waals surface area contributed by atoms with E-state index >= 15 is 0 Å². The summed E-state index contributed by atoms with van der Waals surface area (Å²) in [5.74, 6) is 0.408. The van der Waals surface area contributed by atoms with E-state index < -0.39 is 5.97 Å². The van der Waals surface area contributed by atoms with E-state index in [1.807, 2.05) is 32.2 Å². The molecular formula is C16H19NO4. The zero-order valence-corrected chi connectivity index (χ0v) is 12.4. The fourth-order valence-electron chi connectivity index (χ4n) is 2.16. The molecule has 21 heavy (non-hydrogen) atoms. The second-order valence-corrected chi connectivity index (χ2v) is 5.04. The Hall–Kier alpha value is -2.27. The van der Waals surface area contributed by atoms with Crippen LogP contribution in [0.4, 0.5) is 0 Å². The number of ether oxygens (including phenoxy) is 1. The molecule has 112 valence electrons. The molecule has 5 nitrogen and oxygen atoms in total. The van der Waals surface area contributed by atoms with E-state index in [-0.39, 0.29) is 5.76 Å². The van der Waals surface area contributed by atoms with Crippen molar-refractivity contribution >= 4 is 5.97 Å². The predicted octanol–water partition coefficient (Wildman–Crippen LogP) is 2.93. The first-order chi connectivity index (χ1) is 9.99. The van der Waals surface area contributed by atoms with Gasteiger partial charge in [-0.05, 0) is 49.4 Å². The smallest absolute Gasteiger partial charge is 0.371 e. The Morgan fingerprint density at radius 3 is 2.62 bits per heavy atom. The molecule has 5 heteroatoms. The molecule has 0 bridgehead atoms. The Labute approximate surface area is 123 Å². The topological polar surface area (TPSA) is 62.9 Å². The Kier molecular flexibility index (Phi) is 4.65. The van der Waals surface area contributed by atoms with E-state index in [0.29, 0.717) is 12.3 Å². The van der Waals surface area contributed by atoms with Crippen LogP contribution in [-0.2, 0) is 13.1 Å². The molecule has 0 spiro atoms. The number of hydrogen-bond donors (Lipinski definition) is 1. The highest BCUT2D eigenvalue weighted by Gasteiger charge is 2.11. The third-order valence-corrected chi connectivity index (χ3v) is 3.29. The van der Waals surface area contributed by atoms with Gasteiger partial charge < -0.3 is 14.3 Å². The summed E-state index contributed by atoms with van der Waals surface area (Å²) in [4.78, 5) is 12.8. The number of furan rings is 1. The van der Waals surface area contributed by atoms with E-state index in [0.717, 1.165) is 17.9 Å². The van der Waals surface area contributed by atoms with E-state index in [9.17, 15) is 4.79 Å². The molecule has 1 aromatic heterocycles. The van der Waals surface area contributed by atoms with Crippen molar-refractivity contribution in [2.45, 2.75) is 20.0 Å². The first-order valence-corrected chi connectivity index (χ1v) is 6.63. The van der Waals surface area contributed by atoms with Crippen LogP contribution in [0.1, 0.15) is 27.4 Å². The van der Waals surface area contributed by atoms with Gasteiger partial charge in [-0.1, -0.05) is 6.07 Å². The molecule has 1 heterocycles. The Morgan fingerprint density at radius 1 is 1.29 bits per heavy atom. The highest BCUT2D eigenvalue weighted by atomic mass is 16.5. The normalized spacial score (nSPS) is 10.9. The number of aryl methyl sites for hydroxylation is 1. The number of methoxy groups -OCH3 is 1. The summed E-state index contributed by atoms with van der Waals surface area (Å²) in [6.45, 7) is 3.35. The van der Waals surface area contributed by atoms with Crippen molar-refractivity contribution < 1.29 is 19.1 Å². The maximum absolute atomic E-state index is 10.8. The third-order valence-electron chi connectivity index (χ3n) is 3.29. The van der Waals surface area contributed by atoms with Crippen molar-refractivity contribution in [3.63, 3.8) is 0 Å². The molecule has 2 aromatic rings. The number of benzene rings is 1. The van der Waals surface area contributed by atoms with Crippen LogP contribution in [0.25, 0.3) is 0 Å². The van der Waals surface area contributed by atoms with Gasteiger partial charge >= 0.3 is 5.97 Å². The van der Waals surface area contributed by atoms with Gasteiger partial charge in [-0.15, -0.1) is 0 Å². The number of carbonyl (C=O) groups is 1. The lowest BCUT2D eigenvalue weighted by molar-refractivity contribution is 0.0658. The minimum absolute atomic E-state index is 0.0287. The van der Waals surface area contributed by atoms with Crippen LogP contribution in [0, 0.1) is 6.92 Å². The largest absolute Gasteiger partial charge is 0.497 e. The molecule has 0 aliphatic heterocycles. The number of rotatable bonds is 6. The molecule has 0 aliphatic rings. The van der Waals surface area contributed by atoms with Gasteiger partial charge in [-0.25, -0.2) is 4.79 Å². The van der Waals surface area contributed by atoms with Crippen molar-refractivity contribution in [2.24, 2.45) is 0 Å². The summed E-state index contributed by atoms with van der Waals surface area (Å²) in [6.07, 6.45) is 0. The summed E-state index contributed by atoms with van der Waals surface area (Å²) in [7, 11) is 3.62. The SMILES string of the molecule is COc1ccc(CN(C)Cc2ccc(C(=O)O)o2)c(C)c1. The lowest BCUT2D eigenvalue weighted by Crippen LogP contribution is -2.17. The van der Waals surface area contributed by atoms with Gasteiger partial charge in [0.25, 0.3) is 0 Å². The average molecular weight is 289 g/mol. The van der Waals surface area contributed by atoms with Crippen molar-refractivity contribution in [1.29, 1.82) is 0 Å². The van der Waals surface area contributed by atoms with E-state index in [1.165, 1.54) is 11.6 Å². The highest BCUT2D eigenvalue weighted by molar-refractivity contribution is 5.84. The molecule has 1 aromatic carbocycles. The monoisotopic (exact) mass is 289 g/mol. The predicted molar refractivity (Wildman–Crippen MR) is 78.6 cm³/mol. The summed E-state index contributed by atoms with van der Waals surface area (Å²) in [5, 5.41) is 8.83. The van der Waals surface area contributed by atoms with Crippen molar-refractivity contribution in [2.75, 3.05) is 14.2 Å². The zero-order chi connectivity index (χ0) is 15.4. The van der Waals surface area contributed by atoms with Crippen LogP contribution in [0.15, 0.2) is 34.7 Å². The molecular weight excluding hydrogens is 270 g/mol. The second-order valence-electron chi connectivity index (χ2n) is 5.04. The molecule has 0 unspecified atom stereocenters. The van der Waals surface area contributed by atoms with Gasteiger partial charge in [0.05, 0.1) is 13.7 Å². The van der Waals surface area contributed by atoms with Crippen molar-refractivity contribution in [1.82, 2.24) is 4.90 Å². The maximum atomic E-state index is 10.8. The number of nitrogens with zero attached hydrogens (tertiary/aromatic N) is 1. The van der Waals surface area contributed by atoms with Gasteiger partial charge in [0, 0.05) is 6.54 Å². The summed E-state index contributed by atoms with van der Waals surface area (Å²) in [6, 6.07) is 9.14. The first kappa shape index (κ1) is 15.1. The number of carboxylic acids is 1. The van der Waals surface area contributed by atoms with Crippen LogP contribution in [0.5, 0.6) is 5.75 Å². The summed E-state index contributed by atoms with van der Waals surface area (Å²) in [5.41, 5.74) is 2.36. The minimum Gasteiger partial charge on any atom is -0.497 e. The Bertz CT molecular complexity index is 633. The lowest BCUT2D eigenvalue weighted by atomic mass is 10.1. The van der Waals surface area contributed by atoms with Crippen LogP contribution in [0.2, 0.25) is 0 Å². The summed E-state index contributed by atoms with van der Waals surface area (Å²) < 4.78 is 10.5. The molecule has 0 radical (unpaired) electrons. The fourth-order valence-corrected chi connectivity index (χ4v) is 2.16. The number of carboxylic acid groups (broad SMARTS) is 1. The summed E-state index contributed by atoms with van der Waals surface area (Å²) >= 11 is 0. The molecule has 0 saturated carbocycles. The fraction of sp³-hybridized carbons (Fsp3) is 0.312. The van der Waals surface area contributed by atoms with Gasteiger partial charge in [0.15, 0.2) is 0 Å². The highest BCUT2D eigenvalue weighted by Crippen LogP contribution is 2.19. The van der Waals surface area contributed by atoms with Crippen LogP contribution < -0.4 is 4.74 Å². The van der Waals surface area contributed by atoms with Crippen LogP contribution >= 0.6 is 0 Å². The van der Waals surface area contributed by atoms with Crippen LogP contribution in [0.3, 0.4) is 0 Å². The quantitative estimate of drug-likeness (QED) is 0.886. The van der Waals surface area contributed by atoms with Gasteiger partial charge in [-0.2, -0.15) is 0 Å². The number of hydrogen-bond acceptors (Lipinski definition) is 4. The van der Waals surface area contributed by atoms with E-state index in [4.69, 9.17) is 14.3 Å². The third kappa shape index (κ3) is 3.86. The molecule has 0 fully saturated rings. The maximum Gasteiger partial charge on any atom is 0.371 e. The van der Waals surface area contributed by atoms with Crippen molar-refractivity contribution in [3.05, 3.63) is 53.0 Å². The van der Waals surface area contributed by atoms with Crippen LogP contribution in [-0.4, -0.2) is 30.1 Å². The number of aromatic carboxylic acids is 1. The Morgan fingerprint density at radius 2 is 2.05 bits per heavy atom. The molecule has 2 rings (SSSR count). The molecule has 0 saturated heterocycles. The lowest BCUT2D eigenvalue weighted by Gasteiger charge is -2.17. The van der Waals surface area contributed by atoms with E-state index in [1.54, 1.807) is 13.2 Å². The molecule has 1 N–H and O–H groups in total. The Balaban J connectivity index is 2.00. The van der Waals surface area contributed by atoms with E-state index in [2.05, 4.69) is 4.90 Å². The van der Waals surface area contributed by atoms with Gasteiger partial charge in [0.1, 0.15) is 11.5 Å². The molecule has 0 aliphatic carbocycles. The average Bonchev–Trinajstić information content (AvgIpc) is 2.89. The standard InChI is InChI=1S/C16H19NO4/c1-11-8-13(20-3)5-4-12(11)9-17(2)10-14-6-7-15(21-14)16(18)19/h4-8H,9-10H2,1-3H3,(H,18,19). The van der Waals surface area contributed by atoms with Gasteiger partial charge in [0.2, 0.25) is 5.76 Å².